The Balaban J connectivity index is 2.30. The molecule has 0 unspecified atom stereocenters. The van der Waals surface area contributed by atoms with Crippen LogP contribution in [0.2, 0.25) is 0 Å². The van der Waals surface area contributed by atoms with Crippen molar-refractivity contribution in [3.05, 3.63) is 60.7 Å². The Morgan fingerprint density at radius 3 is 1.36 bits per heavy atom. The van der Waals surface area contributed by atoms with Crippen LogP contribution < -0.4 is 7.16 Å². The fraction of sp³-hybridized carbons (Fsp3) is 0. The summed E-state index contributed by atoms with van der Waals surface area (Å²) >= 11 is 2.20. The first-order valence-corrected chi connectivity index (χ1v) is 13.8. The molecule has 2 aromatic rings. The second-order valence-electron chi connectivity index (χ2n) is 3.05. The SMILES string of the molecule is [Br][Sn]([c]1ccccc1)[c]1ccccc1. The average Bonchev–Trinajstić information content (AvgIpc) is 2.30. The molecule has 69 valence electrons. The van der Waals surface area contributed by atoms with Gasteiger partial charge < -0.3 is 0 Å². The summed E-state index contributed by atoms with van der Waals surface area (Å²) in [6.07, 6.45) is 0. The number of hydrogen-bond acceptors (Lipinski definition) is 0. The third-order valence-corrected chi connectivity index (χ3v) is 13.0. The predicted octanol–water partition coefficient (Wildman–Crippen LogP) is 2.19. The molecule has 0 aliphatic heterocycles. The van der Waals surface area contributed by atoms with Crippen LogP contribution in [0.3, 0.4) is 0 Å². The van der Waals surface area contributed by atoms with Gasteiger partial charge in [-0.2, -0.15) is 0 Å². The Morgan fingerprint density at radius 1 is 0.643 bits per heavy atom. The van der Waals surface area contributed by atoms with Gasteiger partial charge in [0.25, 0.3) is 0 Å². The van der Waals surface area contributed by atoms with Crippen molar-refractivity contribution in [2.75, 3.05) is 0 Å². The molecule has 0 saturated carbocycles. The van der Waals surface area contributed by atoms with Crippen LogP contribution in [0.4, 0.5) is 0 Å². The fourth-order valence-electron chi connectivity index (χ4n) is 1.34. The third kappa shape index (κ3) is 2.39. The summed E-state index contributed by atoms with van der Waals surface area (Å²) in [6.45, 7) is 0. The van der Waals surface area contributed by atoms with Gasteiger partial charge in [0, 0.05) is 0 Å². The van der Waals surface area contributed by atoms with E-state index in [0.717, 1.165) is 0 Å². The van der Waals surface area contributed by atoms with Gasteiger partial charge in [0.15, 0.2) is 0 Å². The Hall–Kier alpha value is -0.281. The second-order valence-corrected chi connectivity index (χ2v) is 13.5. The molecular formula is C12H10BrSn. The first kappa shape index (κ1) is 10.2. The van der Waals surface area contributed by atoms with Crippen molar-refractivity contribution < 1.29 is 0 Å². The summed E-state index contributed by atoms with van der Waals surface area (Å²) in [4.78, 5) is 0. The van der Waals surface area contributed by atoms with Crippen LogP contribution in [0.25, 0.3) is 0 Å². The van der Waals surface area contributed by atoms with E-state index in [1.807, 2.05) is 0 Å². The molecular weight excluding hydrogens is 343 g/mol. The summed E-state index contributed by atoms with van der Waals surface area (Å²) in [5.41, 5.74) is 0. The zero-order valence-electron chi connectivity index (χ0n) is 7.65. The zero-order chi connectivity index (χ0) is 9.80. The van der Waals surface area contributed by atoms with E-state index in [1.54, 1.807) is 0 Å². The van der Waals surface area contributed by atoms with Gasteiger partial charge in [-0.15, -0.1) is 0 Å². The van der Waals surface area contributed by atoms with E-state index in [-0.39, 0.29) is 0 Å². The van der Waals surface area contributed by atoms with Gasteiger partial charge in [-0.25, -0.2) is 0 Å². The van der Waals surface area contributed by atoms with Gasteiger partial charge in [-0.3, -0.25) is 0 Å². The van der Waals surface area contributed by atoms with E-state index in [9.17, 15) is 0 Å². The van der Waals surface area contributed by atoms with E-state index in [1.165, 1.54) is 7.16 Å². The standard InChI is InChI=1S/2C6H5.BrH.Sn/c2*1-2-4-6-5-3-1;;/h2*1-5H;1H;/q;;;+1/p-1. The zero-order valence-corrected chi connectivity index (χ0v) is 12.1. The van der Waals surface area contributed by atoms with Gasteiger partial charge in [-0.1, -0.05) is 0 Å². The van der Waals surface area contributed by atoms with Crippen molar-refractivity contribution in [2.24, 2.45) is 0 Å². The molecule has 2 aromatic carbocycles. The van der Waals surface area contributed by atoms with Crippen molar-refractivity contribution in [2.45, 2.75) is 0 Å². The van der Waals surface area contributed by atoms with Gasteiger partial charge in [0.1, 0.15) is 0 Å². The van der Waals surface area contributed by atoms with Crippen LogP contribution in [0, 0.1) is 0 Å². The summed E-state index contributed by atoms with van der Waals surface area (Å²) in [5.74, 6) is 0. The molecule has 0 nitrogen and oxygen atoms in total. The molecule has 0 fully saturated rings. The van der Waals surface area contributed by atoms with E-state index >= 15 is 0 Å². The molecule has 0 amide bonds. The van der Waals surface area contributed by atoms with E-state index in [2.05, 4.69) is 73.4 Å². The maximum atomic E-state index is 3.89. The van der Waals surface area contributed by atoms with Crippen LogP contribution in [0.1, 0.15) is 0 Å². The van der Waals surface area contributed by atoms with Crippen molar-refractivity contribution in [1.82, 2.24) is 0 Å². The molecule has 0 heterocycles. The summed E-state index contributed by atoms with van der Waals surface area (Å²) in [7, 11) is 0. The van der Waals surface area contributed by atoms with Crippen LogP contribution in [-0.2, 0) is 0 Å². The van der Waals surface area contributed by atoms with E-state index in [4.69, 9.17) is 0 Å². The normalized spacial score (nSPS) is 10.4. The molecule has 2 heteroatoms. The number of rotatable bonds is 2. The summed E-state index contributed by atoms with van der Waals surface area (Å²) in [5, 5.41) is 0. The van der Waals surface area contributed by atoms with E-state index in [0.29, 0.717) is 0 Å². The van der Waals surface area contributed by atoms with Gasteiger partial charge >= 0.3 is 98.1 Å². The molecule has 2 rings (SSSR count). The van der Waals surface area contributed by atoms with Crippen LogP contribution in [0.15, 0.2) is 60.7 Å². The Morgan fingerprint density at radius 2 is 1.00 bits per heavy atom. The molecule has 1 radical (unpaired) electrons. The number of benzene rings is 2. The quantitative estimate of drug-likeness (QED) is 0.727. The third-order valence-electron chi connectivity index (χ3n) is 2.05. The molecule has 0 N–H and O–H groups in total. The van der Waals surface area contributed by atoms with Gasteiger partial charge in [-0.05, 0) is 0 Å². The maximum absolute atomic E-state index is 3.89. The van der Waals surface area contributed by atoms with E-state index < -0.39 is 17.5 Å². The summed E-state index contributed by atoms with van der Waals surface area (Å²) < 4.78 is 2.97. The topological polar surface area (TPSA) is 0 Å². The molecule has 0 bridgehead atoms. The predicted molar refractivity (Wildman–Crippen MR) is 66.8 cm³/mol. The van der Waals surface area contributed by atoms with Crippen LogP contribution >= 0.6 is 12.7 Å². The molecule has 0 atom stereocenters. The monoisotopic (exact) mass is 353 g/mol. The Bertz CT molecular complexity index is 346. The van der Waals surface area contributed by atoms with Gasteiger partial charge in [0.2, 0.25) is 0 Å². The van der Waals surface area contributed by atoms with Crippen LogP contribution in [0.5, 0.6) is 0 Å². The molecule has 0 saturated heterocycles. The first-order valence-electron chi connectivity index (χ1n) is 4.51. The first-order chi connectivity index (χ1) is 6.88. The molecule has 0 aromatic heterocycles. The van der Waals surface area contributed by atoms with Crippen molar-refractivity contribution in [1.29, 1.82) is 0 Å². The van der Waals surface area contributed by atoms with Gasteiger partial charge in [0.05, 0.1) is 0 Å². The van der Waals surface area contributed by atoms with Crippen molar-refractivity contribution in [3.63, 3.8) is 0 Å². The van der Waals surface area contributed by atoms with Crippen molar-refractivity contribution in [3.8, 4) is 0 Å². The molecule has 0 aliphatic carbocycles. The molecule has 0 aliphatic rings. The Kier molecular flexibility index (Phi) is 3.65. The fourth-order valence-corrected chi connectivity index (χ4v) is 8.60. The second kappa shape index (κ2) is 4.98. The van der Waals surface area contributed by atoms with Crippen LogP contribution in [-0.4, -0.2) is 17.5 Å². The average molecular weight is 353 g/mol. The van der Waals surface area contributed by atoms with Crippen molar-refractivity contribution >= 4 is 37.4 Å². The summed E-state index contributed by atoms with van der Waals surface area (Å²) in [6, 6.07) is 21.5. The molecule has 14 heavy (non-hydrogen) atoms. The molecule has 0 spiro atoms. The number of hydrogen-bond donors (Lipinski definition) is 0. The Labute approximate surface area is 97.5 Å². The number of halogens is 1. The minimum absolute atomic E-state index is 1.49. The minimum atomic E-state index is -1.69.